The zero-order valence-electron chi connectivity index (χ0n) is 14.3. The molecule has 2 unspecified atom stereocenters. The second kappa shape index (κ2) is 6.17. The molecule has 0 spiro atoms. The van der Waals surface area contributed by atoms with Crippen LogP contribution in [0.5, 0.6) is 5.75 Å². The third-order valence-electron chi connectivity index (χ3n) is 4.64. The Labute approximate surface area is 129 Å². The smallest absolute Gasteiger partial charge is 0.144 e. The highest BCUT2D eigenvalue weighted by Gasteiger charge is 2.35. The van der Waals surface area contributed by atoms with E-state index in [1.807, 2.05) is 0 Å². The number of hydrogen-bond acceptors (Lipinski definition) is 3. The van der Waals surface area contributed by atoms with E-state index < -0.39 is 0 Å². The summed E-state index contributed by atoms with van der Waals surface area (Å²) in [5.74, 6) is 1.54. The lowest BCUT2D eigenvalue weighted by Crippen LogP contribution is -2.39. The molecule has 3 heteroatoms. The van der Waals surface area contributed by atoms with Gasteiger partial charge in [-0.2, -0.15) is 0 Å². The molecule has 2 rings (SSSR count). The van der Waals surface area contributed by atoms with E-state index in [9.17, 15) is 0 Å². The van der Waals surface area contributed by atoms with Crippen LogP contribution in [0.1, 0.15) is 65.4 Å². The summed E-state index contributed by atoms with van der Waals surface area (Å²) >= 11 is 0. The van der Waals surface area contributed by atoms with Gasteiger partial charge in [0, 0.05) is 23.3 Å². The van der Waals surface area contributed by atoms with Crippen molar-refractivity contribution in [1.82, 2.24) is 0 Å². The maximum absolute atomic E-state index is 5.66. The minimum atomic E-state index is 0.161. The van der Waals surface area contributed by atoms with Gasteiger partial charge in [0.25, 0.3) is 0 Å². The molecule has 21 heavy (non-hydrogen) atoms. The summed E-state index contributed by atoms with van der Waals surface area (Å²) in [5, 5.41) is 7.24. The number of benzene rings is 1. The van der Waals surface area contributed by atoms with Crippen LogP contribution >= 0.6 is 0 Å². The topological polar surface area (TPSA) is 33.3 Å². The van der Waals surface area contributed by atoms with E-state index in [4.69, 9.17) is 4.74 Å². The fourth-order valence-corrected chi connectivity index (χ4v) is 3.27. The molecule has 3 nitrogen and oxygen atoms in total. The van der Waals surface area contributed by atoms with Crippen LogP contribution in [0.25, 0.3) is 0 Å². The SMILES string of the molecule is CCC1CC(C)(CC)Nc2c(OC)cc(NC(C)C)cc21. The molecule has 0 saturated heterocycles. The Hall–Kier alpha value is -1.38. The average molecular weight is 290 g/mol. The van der Waals surface area contributed by atoms with Gasteiger partial charge in [0.2, 0.25) is 0 Å². The molecule has 1 aromatic carbocycles. The van der Waals surface area contributed by atoms with Crippen molar-refractivity contribution in [1.29, 1.82) is 0 Å². The molecule has 0 aromatic heterocycles. The third-order valence-corrected chi connectivity index (χ3v) is 4.64. The molecule has 0 radical (unpaired) electrons. The van der Waals surface area contributed by atoms with E-state index in [0.29, 0.717) is 12.0 Å². The van der Waals surface area contributed by atoms with Crippen molar-refractivity contribution in [2.24, 2.45) is 0 Å². The van der Waals surface area contributed by atoms with Gasteiger partial charge in [-0.05, 0) is 57.6 Å². The molecule has 2 N–H and O–H groups in total. The van der Waals surface area contributed by atoms with Crippen molar-refractivity contribution >= 4 is 11.4 Å². The Morgan fingerprint density at radius 3 is 2.62 bits per heavy atom. The summed E-state index contributed by atoms with van der Waals surface area (Å²) in [4.78, 5) is 0. The van der Waals surface area contributed by atoms with Gasteiger partial charge in [-0.3, -0.25) is 0 Å². The zero-order valence-corrected chi connectivity index (χ0v) is 14.3. The first-order valence-corrected chi connectivity index (χ1v) is 8.19. The molecule has 0 bridgehead atoms. The van der Waals surface area contributed by atoms with E-state index in [1.165, 1.54) is 24.1 Å². The minimum Gasteiger partial charge on any atom is -0.495 e. The second-order valence-corrected chi connectivity index (χ2v) is 6.79. The monoisotopic (exact) mass is 290 g/mol. The molecule has 1 aromatic rings. The largest absolute Gasteiger partial charge is 0.495 e. The van der Waals surface area contributed by atoms with Gasteiger partial charge >= 0.3 is 0 Å². The lowest BCUT2D eigenvalue weighted by atomic mass is 9.77. The van der Waals surface area contributed by atoms with Crippen molar-refractivity contribution < 1.29 is 4.74 Å². The Morgan fingerprint density at radius 1 is 1.38 bits per heavy atom. The van der Waals surface area contributed by atoms with Crippen LogP contribution in [0.15, 0.2) is 12.1 Å². The summed E-state index contributed by atoms with van der Waals surface area (Å²) in [6.07, 6.45) is 3.47. The molecule has 1 aliphatic rings. The van der Waals surface area contributed by atoms with Crippen molar-refractivity contribution in [3.63, 3.8) is 0 Å². The van der Waals surface area contributed by atoms with Crippen LogP contribution in [-0.2, 0) is 0 Å². The highest BCUT2D eigenvalue weighted by Crippen LogP contribution is 2.47. The van der Waals surface area contributed by atoms with Gasteiger partial charge in [0.05, 0.1) is 12.8 Å². The highest BCUT2D eigenvalue weighted by atomic mass is 16.5. The molecular weight excluding hydrogens is 260 g/mol. The molecule has 0 saturated carbocycles. The maximum Gasteiger partial charge on any atom is 0.144 e. The lowest BCUT2D eigenvalue weighted by molar-refractivity contribution is 0.375. The summed E-state index contributed by atoms with van der Waals surface area (Å²) < 4.78 is 5.66. The molecule has 1 heterocycles. The number of ether oxygens (including phenoxy) is 1. The molecule has 0 aliphatic carbocycles. The first kappa shape index (κ1) is 16.0. The molecule has 0 amide bonds. The van der Waals surface area contributed by atoms with Crippen LogP contribution in [0.2, 0.25) is 0 Å². The van der Waals surface area contributed by atoms with Gasteiger partial charge in [-0.25, -0.2) is 0 Å². The van der Waals surface area contributed by atoms with Crippen LogP contribution in [0.4, 0.5) is 11.4 Å². The standard InChI is InChI=1S/C18H30N2O/c1-7-13-11-18(5,8-2)20-17-15(13)9-14(19-12(3)4)10-16(17)21-6/h9-10,12-13,19-20H,7-8,11H2,1-6H3. The van der Waals surface area contributed by atoms with E-state index in [1.54, 1.807) is 7.11 Å². The number of nitrogens with one attached hydrogen (secondary N) is 2. The summed E-state index contributed by atoms with van der Waals surface area (Å²) in [6.45, 7) is 11.2. The minimum absolute atomic E-state index is 0.161. The Bertz CT molecular complexity index is 498. The van der Waals surface area contributed by atoms with Crippen molar-refractivity contribution in [3.05, 3.63) is 17.7 Å². The normalized spacial score (nSPS) is 24.4. The van der Waals surface area contributed by atoms with Crippen LogP contribution < -0.4 is 15.4 Å². The zero-order chi connectivity index (χ0) is 15.6. The fourth-order valence-electron chi connectivity index (χ4n) is 3.27. The summed E-state index contributed by atoms with van der Waals surface area (Å²) in [6, 6.07) is 4.83. The van der Waals surface area contributed by atoms with Crippen molar-refractivity contribution in [3.8, 4) is 5.75 Å². The van der Waals surface area contributed by atoms with Gasteiger partial charge < -0.3 is 15.4 Å². The number of rotatable bonds is 5. The van der Waals surface area contributed by atoms with Crippen LogP contribution in [0.3, 0.4) is 0 Å². The second-order valence-electron chi connectivity index (χ2n) is 6.79. The molecule has 1 aliphatic heterocycles. The van der Waals surface area contributed by atoms with Crippen molar-refractivity contribution in [2.75, 3.05) is 17.7 Å². The first-order chi connectivity index (χ1) is 9.92. The Morgan fingerprint density at radius 2 is 2.10 bits per heavy atom. The van der Waals surface area contributed by atoms with Gasteiger partial charge in [0.15, 0.2) is 0 Å². The van der Waals surface area contributed by atoms with Gasteiger partial charge in [-0.1, -0.05) is 13.8 Å². The first-order valence-electron chi connectivity index (χ1n) is 8.19. The van der Waals surface area contributed by atoms with Crippen LogP contribution in [0, 0.1) is 0 Å². The summed E-state index contributed by atoms with van der Waals surface area (Å²) in [7, 11) is 1.76. The van der Waals surface area contributed by atoms with Gasteiger partial charge in [0.1, 0.15) is 5.75 Å². The quantitative estimate of drug-likeness (QED) is 0.801. The average Bonchev–Trinajstić information content (AvgIpc) is 2.45. The van der Waals surface area contributed by atoms with E-state index >= 15 is 0 Å². The van der Waals surface area contributed by atoms with E-state index in [0.717, 1.165) is 17.9 Å². The van der Waals surface area contributed by atoms with E-state index in [2.05, 4.69) is 57.4 Å². The van der Waals surface area contributed by atoms with E-state index in [-0.39, 0.29) is 5.54 Å². The molecule has 2 atom stereocenters. The molecular formula is C18H30N2O. The van der Waals surface area contributed by atoms with Crippen molar-refractivity contribution in [2.45, 2.75) is 71.4 Å². The predicted octanol–water partition coefficient (Wildman–Crippen LogP) is 4.99. The fraction of sp³-hybridized carbons (Fsp3) is 0.667. The third kappa shape index (κ3) is 3.28. The highest BCUT2D eigenvalue weighted by molar-refractivity contribution is 5.72. The number of fused-ring (bicyclic) bond motifs is 1. The van der Waals surface area contributed by atoms with Crippen LogP contribution in [-0.4, -0.2) is 18.7 Å². The number of hydrogen-bond donors (Lipinski definition) is 2. The summed E-state index contributed by atoms with van der Waals surface area (Å²) in [5.41, 5.74) is 3.90. The molecule has 0 fully saturated rings. The number of anilines is 2. The molecule has 118 valence electrons. The Kier molecular flexibility index (Phi) is 4.70. The predicted molar refractivity (Wildman–Crippen MR) is 91.7 cm³/mol. The maximum atomic E-state index is 5.66. The lowest BCUT2D eigenvalue weighted by Gasteiger charge is -2.41. The Balaban J connectivity index is 2.49. The number of methoxy groups -OCH3 is 1. The van der Waals surface area contributed by atoms with Gasteiger partial charge in [-0.15, -0.1) is 0 Å².